The van der Waals surface area contributed by atoms with Crippen LogP contribution in [0, 0.1) is 0 Å². The number of halogens is 1. The quantitative estimate of drug-likeness (QED) is 0.580. The number of ether oxygens (including phenoxy) is 1. The van der Waals surface area contributed by atoms with Gasteiger partial charge in [-0.15, -0.1) is 0 Å². The van der Waals surface area contributed by atoms with E-state index >= 15 is 0 Å². The van der Waals surface area contributed by atoms with Crippen LogP contribution < -0.4 is 5.73 Å². The maximum absolute atomic E-state index is 5.21. The molecule has 1 unspecified atom stereocenters. The highest BCUT2D eigenvalue weighted by molar-refractivity contribution is 9.09. The van der Waals surface area contributed by atoms with Crippen LogP contribution in [-0.2, 0) is 4.74 Å². The smallest absolute Gasteiger partial charge is 0.282 e. The average molecular weight is 179 g/mol. The third-order valence-electron chi connectivity index (χ3n) is 0.910. The largest absolute Gasteiger partial charge is 0.459 e. The minimum Gasteiger partial charge on any atom is -0.459 e. The van der Waals surface area contributed by atoms with Gasteiger partial charge in [-0.1, -0.05) is 15.9 Å². The molecule has 0 aromatic rings. The van der Waals surface area contributed by atoms with Crippen LogP contribution in [0.2, 0.25) is 0 Å². The number of nitrogens with two attached hydrogens (primary N) is 1. The molecule has 0 amide bonds. The van der Waals surface area contributed by atoms with Crippen LogP contribution in [0.5, 0.6) is 0 Å². The van der Waals surface area contributed by atoms with Gasteiger partial charge in [-0.05, 0) is 0 Å². The van der Waals surface area contributed by atoms with Gasteiger partial charge in [-0.25, -0.2) is 4.99 Å². The molecule has 0 aliphatic carbocycles. The summed E-state index contributed by atoms with van der Waals surface area (Å²) in [6.07, 6.45) is 0.162. The first-order chi connectivity index (χ1) is 3.83. The molecule has 0 aromatic carbocycles. The first-order valence-electron chi connectivity index (χ1n) is 2.35. The fourth-order valence-corrected chi connectivity index (χ4v) is 0.854. The molecule has 46 valence electrons. The lowest BCUT2D eigenvalue weighted by molar-refractivity contribution is 0.248. The summed E-state index contributed by atoms with van der Waals surface area (Å²) >= 11 is 3.25. The molecule has 0 saturated heterocycles. The summed E-state index contributed by atoms with van der Waals surface area (Å²) in [5.74, 6) is 0. The topological polar surface area (TPSA) is 47.6 Å². The van der Waals surface area contributed by atoms with Crippen molar-refractivity contribution >= 4 is 22.0 Å². The van der Waals surface area contributed by atoms with Gasteiger partial charge in [0.2, 0.25) is 0 Å². The third-order valence-corrected chi connectivity index (χ3v) is 1.63. The number of alkyl halides is 1. The summed E-state index contributed by atoms with van der Waals surface area (Å²) in [7, 11) is 0. The highest BCUT2D eigenvalue weighted by atomic mass is 79.9. The van der Waals surface area contributed by atoms with Crippen molar-refractivity contribution in [1.82, 2.24) is 0 Å². The van der Waals surface area contributed by atoms with Gasteiger partial charge in [0.25, 0.3) is 6.02 Å². The minimum absolute atomic E-state index is 0.162. The summed E-state index contributed by atoms with van der Waals surface area (Å²) in [5.41, 5.74) is 5.21. The molecular formula is C4H7BrN2O. The summed E-state index contributed by atoms with van der Waals surface area (Å²) in [5, 5.41) is 0.803. The van der Waals surface area contributed by atoms with Gasteiger partial charge in [-0.3, -0.25) is 0 Å². The Morgan fingerprint density at radius 1 is 2.00 bits per heavy atom. The van der Waals surface area contributed by atoms with Gasteiger partial charge in [0, 0.05) is 5.33 Å². The lowest BCUT2D eigenvalue weighted by Gasteiger charge is -2.02. The maximum Gasteiger partial charge on any atom is 0.282 e. The van der Waals surface area contributed by atoms with Crippen LogP contribution in [0.15, 0.2) is 4.99 Å². The number of hydrogen-bond acceptors (Lipinski definition) is 3. The normalized spacial score (nSPS) is 27.1. The minimum atomic E-state index is 0.162. The van der Waals surface area contributed by atoms with E-state index in [4.69, 9.17) is 10.5 Å². The van der Waals surface area contributed by atoms with E-state index in [2.05, 4.69) is 20.9 Å². The van der Waals surface area contributed by atoms with Crippen LogP contribution in [-0.4, -0.2) is 24.0 Å². The van der Waals surface area contributed by atoms with Gasteiger partial charge in [0.15, 0.2) is 0 Å². The molecule has 2 N–H and O–H groups in total. The molecule has 0 fully saturated rings. The molecule has 0 bridgehead atoms. The third kappa shape index (κ3) is 1.12. The van der Waals surface area contributed by atoms with Crippen LogP contribution in [0.25, 0.3) is 0 Å². The molecule has 1 heterocycles. The van der Waals surface area contributed by atoms with Crippen molar-refractivity contribution in [2.75, 3.05) is 11.9 Å². The van der Waals surface area contributed by atoms with E-state index in [0.29, 0.717) is 12.6 Å². The van der Waals surface area contributed by atoms with Crippen molar-refractivity contribution in [3.63, 3.8) is 0 Å². The Balaban J connectivity index is 2.32. The summed E-state index contributed by atoms with van der Waals surface area (Å²) in [6.45, 7) is 0.692. The number of nitrogens with zero attached hydrogens (tertiary/aromatic N) is 1. The molecular weight excluding hydrogens is 172 g/mol. The first-order valence-corrected chi connectivity index (χ1v) is 3.47. The SMILES string of the molecule is NC1=NCC(CBr)O1. The Hall–Kier alpha value is -0.250. The van der Waals surface area contributed by atoms with E-state index in [1.165, 1.54) is 0 Å². The van der Waals surface area contributed by atoms with E-state index in [9.17, 15) is 0 Å². The molecule has 0 saturated carbocycles. The second kappa shape index (κ2) is 2.35. The van der Waals surface area contributed by atoms with Crippen molar-refractivity contribution in [2.24, 2.45) is 10.7 Å². The number of amidine groups is 1. The zero-order chi connectivity index (χ0) is 5.98. The Bertz CT molecular complexity index is 115. The standard InChI is InChI=1S/C4H7BrN2O/c5-1-3-2-7-4(6)8-3/h3H,1-2H2,(H2,6,7). The highest BCUT2D eigenvalue weighted by Crippen LogP contribution is 2.03. The van der Waals surface area contributed by atoms with Crippen molar-refractivity contribution in [1.29, 1.82) is 0 Å². The van der Waals surface area contributed by atoms with E-state index in [0.717, 1.165) is 5.33 Å². The molecule has 1 atom stereocenters. The van der Waals surface area contributed by atoms with Gasteiger partial charge < -0.3 is 10.5 Å². The Morgan fingerprint density at radius 2 is 2.75 bits per heavy atom. The molecule has 3 nitrogen and oxygen atoms in total. The monoisotopic (exact) mass is 178 g/mol. The summed E-state index contributed by atoms with van der Waals surface area (Å²) in [6, 6.07) is 0.314. The van der Waals surface area contributed by atoms with Gasteiger partial charge >= 0.3 is 0 Å². The number of aliphatic imine (C=N–C) groups is 1. The van der Waals surface area contributed by atoms with Crippen molar-refractivity contribution < 1.29 is 4.74 Å². The highest BCUT2D eigenvalue weighted by Gasteiger charge is 2.14. The zero-order valence-corrected chi connectivity index (χ0v) is 5.89. The Labute approximate surface area is 56.0 Å². The molecule has 0 aromatic heterocycles. The Kier molecular flexibility index (Phi) is 1.73. The molecule has 4 heteroatoms. The van der Waals surface area contributed by atoms with Crippen molar-refractivity contribution in [2.45, 2.75) is 6.10 Å². The van der Waals surface area contributed by atoms with Crippen LogP contribution in [0.3, 0.4) is 0 Å². The molecule has 8 heavy (non-hydrogen) atoms. The van der Waals surface area contributed by atoms with Crippen LogP contribution in [0.1, 0.15) is 0 Å². The van der Waals surface area contributed by atoms with Gasteiger partial charge in [0.05, 0.1) is 6.54 Å². The van der Waals surface area contributed by atoms with Crippen molar-refractivity contribution in [3.8, 4) is 0 Å². The zero-order valence-electron chi connectivity index (χ0n) is 4.30. The molecule has 1 rings (SSSR count). The van der Waals surface area contributed by atoms with Gasteiger partial charge in [0.1, 0.15) is 6.10 Å². The second-order valence-corrected chi connectivity index (χ2v) is 2.22. The maximum atomic E-state index is 5.21. The van der Waals surface area contributed by atoms with E-state index in [1.54, 1.807) is 0 Å². The van der Waals surface area contributed by atoms with Crippen molar-refractivity contribution in [3.05, 3.63) is 0 Å². The fraction of sp³-hybridized carbons (Fsp3) is 0.750. The van der Waals surface area contributed by atoms with Gasteiger partial charge in [-0.2, -0.15) is 0 Å². The molecule has 0 radical (unpaired) electrons. The Morgan fingerprint density at radius 3 is 3.00 bits per heavy atom. The van der Waals surface area contributed by atoms with Crippen LogP contribution in [0.4, 0.5) is 0 Å². The van der Waals surface area contributed by atoms with E-state index < -0.39 is 0 Å². The fourth-order valence-electron chi connectivity index (χ4n) is 0.517. The number of rotatable bonds is 1. The first kappa shape index (κ1) is 5.88. The lowest BCUT2D eigenvalue weighted by atomic mass is 10.4. The molecule has 1 aliphatic heterocycles. The summed E-state index contributed by atoms with van der Waals surface area (Å²) in [4.78, 5) is 3.83. The lowest BCUT2D eigenvalue weighted by Crippen LogP contribution is -2.18. The van der Waals surface area contributed by atoms with Crippen LogP contribution >= 0.6 is 15.9 Å². The average Bonchev–Trinajstić information content (AvgIpc) is 2.14. The predicted octanol–water partition coefficient (Wildman–Crippen LogP) is 0.0948. The van der Waals surface area contributed by atoms with E-state index in [1.807, 2.05) is 0 Å². The second-order valence-electron chi connectivity index (χ2n) is 1.57. The molecule has 0 spiro atoms. The number of hydrogen-bond donors (Lipinski definition) is 1. The summed E-state index contributed by atoms with van der Waals surface area (Å²) < 4.78 is 4.99. The molecule has 1 aliphatic rings. The predicted molar refractivity (Wildman–Crippen MR) is 35.2 cm³/mol. The van der Waals surface area contributed by atoms with E-state index in [-0.39, 0.29) is 6.10 Å².